The summed E-state index contributed by atoms with van der Waals surface area (Å²) in [5, 5.41) is 2.80. The topological polar surface area (TPSA) is 29.1 Å². The Hall–Kier alpha value is -2.16. The molecule has 0 fully saturated rings. The van der Waals surface area contributed by atoms with Crippen molar-refractivity contribution in [1.82, 2.24) is 0 Å². The highest BCUT2D eigenvalue weighted by Gasteiger charge is 2.15. The summed E-state index contributed by atoms with van der Waals surface area (Å²) in [7, 11) is 0. The van der Waals surface area contributed by atoms with E-state index in [1.54, 1.807) is 19.1 Å². The van der Waals surface area contributed by atoms with Gasteiger partial charge in [0.1, 0.15) is 5.82 Å². The van der Waals surface area contributed by atoms with E-state index in [1.807, 2.05) is 24.3 Å². The summed E-state index contributed by atoms with van der Waals surface area (Å²) in [4.78, 5) is 12.2. The lowest BCUT2D eigenvalue weighted by Gasteiger charge is -2.14. The molecule has 0 heterocycles. The van der Waals surface area contributed by atoms with Crippen molar-refractivity contribution < 1.29 is 9.18 Å². The van der Waals surface area contributed by atoms with Crippen molar-refractivity contribution in [2.24, 2.45) is 0 Å². The largest absolute Gasteiger partial charge is 0.322 e. The number of hydrogen-bond acceptors (Lipinski definition) is 1. The highest BCUT2D eigenvalue weighted by atomic mass is 19.1. The molecule has 0 saturated heterocycles. The SMILES string of the molecule is Cc1cccc(C(=O)Nc2ccccc2C(C)C)c1F. The number of rotatable bonds is 3. The summed E-state index contributed by atoms with van der Waals surface area (Å²) in [6, 6.07) is 12.4. The van der Waals surface area contributed by atoms with E-state index in [9.17, 15) is 9.18 Å². The van der Waals surface area contributed by atoms with E-state index in [1.165, 1.54) is 6.07 Å². The summed E-state index contributed by atoms with van der Waals surface area (Å²) in [6.45, 7) is 5.75. The molecule has 0 radical (unpaired) electrons. The molecule has 0 aliphatic heterocycles. The van der Waals surface area contributed by atoms with Crippen molar-refractivity contribution in [3.8, 4) is 0 Å². The van der Waals surface area contributed by atoms with Crippen LogP contribution >= 0.6 is 0 Å². The second-order valence-electron chi connectivity index (χ2n) is 5.13. The summed E-state index contributed by atoms with van der Waals surface area (Å²) in [6.07, 6.45) is 0. The number of carbonyl (C=O) groups is 1. The minimum absolute atomic E-state index is 0.0727. The lowest BCUT2D eigenvalue weighted by atomic mass is 10.0. The molecule has 2 rings (SSSR count). The smallest absolute Gasteiger partial charge is 0.258 e. The van der Waals surface area contributed by atoms with Gasteiger partial charge >= 0.3 is 0 Å². The third kappa shape index (κ3) is 2.87. The zero-order valence-electron chi connectivity index (χ0n) is 11.9. The number of hydrogen-bond donors (Lipinski definition) is 1. The lowest BCUT2D eigenvalue weighted by molar-refractivity contribution is 0.102. The van der Waals surface area contributed by atoms with Gasteiger partial charge in [0.2, 0.25) is 0 Å². The fraction of sp³-hybridized carbons (Fsp3) is 0.235. The first-order chi connectivity index (χ1) is 9.50. The van der Waals surface area contributed by atoms with Gasteiger partial charge in [0.05, 0.1) is 5.56 Å². The minimum Gasteiger partial charge on any atom is -0.322 e. The zero-order valence-corrected chi connectivity index (χ0v) is 11.9. The third-order valence-corrected chi connectivity index (χ3v) is 3.27. The number of amides is 1. The molecule has 0 bridgehead atoms. The van der Waals surface area contributed by atoms with Crippen LogP contribution in [0.3, 0.4) is 0 Å². The number of carbonyl (C=O) groups excluding carboxylic acids is 1. The van der Waals surface area contributed by atoms with Crippen LogP contribution in [0.25, 0.3) is 0 Å². The van der Waals surface area contributed by atoms with Crippen molar-refractivity contribution >= 4 is 11.6 Å². The maximum Gasteiger partial charge on any atom is 0.258 e. The first-order valence-electron chi connectivity index (χ1n) is 6.66. The Bertz CT molecular complexity index is 635. The van der Waals surface area contributed by atoms with Gasteiger partial charge < -0.3 is 5.32 Å². The van der Waals surface area contributed by atoms with E-state index in [-0.39, 0.29) is 11.5 Å². The quantitative estimate of drug-likeness (QED) is 0.874. The third-order valence-electron chi connectivity index (χ3n) is 3.27. The molecule has 2 aromatic carbocycles. The lowest BCUT2D eigenvalue weighted by Crippen LogP contribution is -2.15. The molecule has 0 aliphatic rings. The highest BCUT2D eigenvalue weighted by Crippen LogP contribution is 2.24. The summed E-state index contributed by atoms with van der Waals surface area (Å²) < 4.78 is 14.0. The van der Waals surface area contributed by atoms with Gasteiger partial charge in [-0.3, -0.25) is 4.79 Å². The Kier molecular flexibility index (Phi) is 4.18. The first-order valence-corrected chi connectivity index (χ1v) is 6.66. The van der Waals surface area contributed by atoms with Gasteiger partial charge in [0.15, 0.2) is 0 Å². The standard InChI is InChI=1S/C17H18FNO/c1-11(2)13-8-4-5-10-15(13)19-17(20)14-9-6-7-12(3)16(14)18/h4-11H,1-3H3,(H,19,20). The highest BCUT2D eigenvalue weighted by molar-refractivity contribution is 6.05. The summed E-state index contributed by atoms with van der Waals surface area (Å²) in [5.74, 6) is -0.597. The molecule has 0 saturated carbocycles. The van der Waals surface area contributed by atoms with Gasteiger partial charge in [-0.05, 0) is 36.1 Å². The maximum atomic E-state index is 14.0. The molecular formula is C17H18FNO. The van der Waals surface area contributed by atoms with E-state index in [0.29, 0.717) is 5.56 Å². The summed E-state index contributed by atoms with van der Waals surface area (Å²) >= 11 is 0. The fourth-order valence-electron chi connectivity index (χ4n) is 2.13. The van der Waals surface area contributed by atoms with E-state index in [2.05, 4.69) is 19.2 Å². The molecule has 1 N–H and O–H groups in total. The van der Waals surface area contributed by atoms with Gasteiger partial charge in [-0.1, -0.05) is 44.2 Å². The number of halogens is 1. The average Bonchev–Trinajstić information content (AvgIpc) is 2.42. The van der Waals surface area contributed by atoms with Crippen LogP contribution in [0.5, 0.6) is 0 Å². The Morgan fingerprint density at radius 2 is 1.80 bits per heavy atom. The molecule has 0 aromatic heterocycles. The monoisotopic (exact) mass is 271 g/mol. The second kappa shape index (κ2) is 5.87. The molecule has 2 aromatic rings. The number of nitrogens with one attached hydrogen (secondary N) is 1. The number of aryl methyl sites for hydroxylation is 1. The van der Waals surface area contributed by atoms with Gasteiger partial charge in [-0.25, -0.2) is 4.39 Å². The molecule has 20 heavy (non-hydrogen) atoms. The van der Waals surface area contributed by atoms with Gasteiger partial charge in [-0.15, -0.1) is 0 Å². The molecule has 0 spiro atoms. The molecule has 0 unspecified atom stereocenters. The minimum atomic E-state index is -0.466. The predicted octanol–water partition coefficient (Wildman–Crippen LogP) is 4.51. The molecule has 2 nitrogen and oxygen atoms in total. The normalized spacial score (nSPS) is 10.7. The first kappa shape index (κ1) is 14.3. The average molecular weight is 271 g/mol. The van der Waals surface area contributed by atoms with Crippen LogP contribution in [-0.2, 0) is 0 Å². The van der Waals surface area contributed by atoms with Crippen molar-refractivity contribution in [2.45, 2.75) is 26.7 Å². The second-order valence-corrected chi connectivity index (χ2v) is 5.13. The molecule has 104 valence electrons. The molecular weight excluding hydrogens is 253 g/mol. The van der Waals surface area contributed by atoms with E-state index < -0.39 is 11.7 Å². The molecule has 3 heteroatoms. The molecule has 0 aliphatic carbocycles. The Balaban J connectivity index is 2.31. The van der Waals surface area contributed by atoms with E-state index >= 15 is 0 Å². The van der Waals surface area contributed by atoms with E-state index in [4.69, 9.17) is 0 Å². The van der Waals surface area contributed by atoms with E-state index in [0.717, 1.165) is 11.3 Å². The van der Waals surface area contributed by atoms with Crippen molar-refractivity contribution in [3.63, 3.8) is 0 Å². The van der Waals surface area contributed by atoms with Crippen LogP contribution in [0.2, 0.25) is 0 Å². The number of benzene rings is 2. The molecule has 1 amide bonds. The predicted molar refractivity (Wildman–Crippen MR) is 79.6 cm³/mol. The van der Waals surface area contributed by atoms with Crippen LogP contribution in [0.1, 0.15) is 41.3 Å². The fourth-order valence-corrected chi connectivity index (χ4v) is 2.13. The van der Waals surface area contributed by atoms with Crippen molar-refractivity contribution in [1.29, 1.82) is 0 Å². The molecule has 0 atom stereocenters. The Morgan fingerprint density at radius 3 is 2.50 bits per heavy atom. The van der Waals surface area contributed by atoms with Crippen LogP contribution in [0.4, 0.5) is 10.1 Å². The van der Waals surface area contributed by atoms with Crippen molar-refractivity contribution in [2.75, 3.05) is 5.32 Å². The van der Waals surface area contributed by atoms with Crippen LogP contribution in [0, 0.1) is 12.7 Å². The zero-order chi connectivity index (χ0) is 14.7. The number of para-hydroxylation sites is 1. The Morgan fingerprint density at radius 1 is 1.10 bits per heavy atom. The summed E-state index contributed by atoms with van der Waals surface area (Å²) in [5.41, 5.74) is 2.31. The number of anilines is 1. The van der Waals surface area contributed by atoms with Gasteiger partial charge in [-0.2, -0.15) is 0 Å². The van der Waals surface area contributed by atoms with Crippen LogP contribution in [-0.4, -0.2) is 5.91 Å². The van der Waals surface area contributed by atoms with Gasteiger partial charge in [0, 0.05) is 5.69 Å². The van der Waals surface area contributed by atoms with Crippen LogP contribution < -0.4 is 5.32 Å². The van der Waals surface area contributed by atoms with Gasteiger partial charge in [0.25, 0.3) is 5.91 Å². The maximum absolute atomic E-state index is 14.0. The van der Waals surface area contributed by atoms with Crippen molar-refractivity contribution in [3.05, 3.63) is 65.0 Å². The Labute approximate surface area is 118 Å². The van der Waals surface area contributed by atoms with Crippen LogP contribution in [0.15, 0.2) is 42.5 Å².